The average molecular weight is 241 g/mol. The van der Waals surface area contributed by atoms with E-state index in [1.54, 1.807) is 12.1 Å². The first kappa shape index (κ1) is 12.3. The molecule has 4 heteroatoms. The monoisotopic (exact) mass is 241 g/mol. The van der Waals surface area contributed by atoms with Crippen molar-refractivity contribution in [3.05, 3.63) is 46.5 Å². The molecule has 92 valence electrons. The van der Waals surface area contributed by atoms with E-state index in [9.17, 15) is 4.79 Å². The molecule has 1 saturated heterocycles. The van der Waals surface area contributed by atoms with Crippen molar-refractivity contribution in [2.45, 2.75) is 13.5 Å². The molecule has 0 aromatic heterocycles. The molecule has 1 aliphatic heterocycles. The number of nitrogens with one attached hydrogen (secondary N) is 2. The van der Waals surface area contributed by atoms with Gasteiger partial charge >= 0.3 is 0 Å². The van der Waals surface area contributed by atoms with Crippen LogP contribution in [0.3, 0.4) is 0 Å². The van der Waals surface area contributed by atoms with Gasteiger partial charge in [-0.05, 0) is 30.2 Å². The molecule has 4 nitrogen and oxygen atoms in total. The van der Waals surface area contributed by atoms with Crippen molar-refractivity contribution >= 4 is 5.91 Å². The standard InChI is InChI=1S/C14H15N3O/c1-10(13-8-16-9-13)14(18)17-7-12-4-2-3-11(5-12)6-15/h2-5,16H,7-9H2,1H3,(H,17,18). The van der Waals surface area contributed by atoms with Gasteiger partial charge in [0.05, 0.1) is 11.6 Å². The summed E-state index contributed by atoms with van der Waals surface area (Å²) >= 11 is 0. The number of carbonyl (C=O) groups excluding carboxylic acids is 1. The van der Waals surface area contributed by atoms with Gasteiger partial charge in [0.25, 0.3) is 0 Å². The van der Waals surface area contributed by atoms with Crippen LogP contribution in [0.1, 0.15) is 18.1 Å². The summed E-state index contributed by atoms with van der Waals surface area (Å²) in [7, 11) is 0. The maximum absolute atomic E-state index is 11.8. The van der Waals surface area contributed by atoms with Crippen molar-refractivity contribution in [2.24, 2.45) is 0 Å². The molecule has 0 atom stereocenters. The van der Waals surface area contributed by atoms with Gasteiger partial charge in [0.1, 0.15) is 0 Å². The number of benzene rings is 1. The summed E-state index contributed by atoms with van der Waals surface area (Å²) < 4.78 is 0. The second kappa shape index (κ2) is 5.48. The molecular weight excluding hydrogens is 226 g/mol. The minimum Gasteiger partial charge on any atom is -0.348 e. The summed E-state index contributed by atoms with van der Waals surface area (Å²) in [5.41, 5.74) is 3.51. The van der Waals surface area contributed by atoms with E-state index < -0.39 is 0 Å². The van der Waals surface area contributed by atoms with Crippen LogP contribution in [0, 0.1) is 11.3 Å². The van der Waals surface area contributed by atoms with Crippen LogP contribution in [-0.2, 0) is 11.3 Å². The molecule has 1 amide bonds. The van der Waals surface area contributed by atoms with Gasteiger partial charge in [-0.3, -0.25) is 4.79 Å². The van der Waals surface area contributed by atoms with Crippen LogP contribution in [-0.4, -0.2) is 19.0 Å². The molecule has 0 spiro atoms. The average Bonchev–Trinajstić information content (AvgIpc) is 2.34. The number of carbonyl (C=O) groups is 1. The lowest BCUT2D eigenvalue weighted by Gasteiger charge is -2.21. The Labute approximate surface area is 106 Å². The Bertz CT molecular complexity index is 534. The number of hydrogen-bond donors (Lipinski definition) is 2. The third-order valence-corrected chi connectivity index (χ3v) is 3.06. The Balaban J connectivity index is 1.95. The molecule has 1 aliphatic rings. The highest BCUT2D eigenvalue weighted by molar-refractivity contribution is 5.93. The fraction of sp³-hybridized carbons (Fsp3) is 0.286. The summed E-state index contributed by atoms with van der Waals surface area (Å²) in [4.78, 5) is 11.8. The fourth-order valence-corrected chi connectivity index (χ4v) is 1.74. The lowest BCUT2D eigenvalue weighted by atomic mass is 10.0. The van der Waals surface area contributed by atoms with Gasteiger partial charge in [0.15, 0.2) is 0 Å². The molecule has 0 aliphatic carbocycles. The third kappa shape index (κ3) is 2.76. The number of nitriles is 1. The first-order valence-electron chi connectivity index (χ1n) is 5.87. The summed E-state index contributed by atoms with van der Waals surface area (Å²) in [5.74, 6) is -0.0335. The van der Waals surface area contributed by atoms with Crippen LogP contribution in [0.15, 0.2) is 35.4 Å². The summed E-state index contributed by atoms with van der Waals surface area (Å²) in [6, 6.07) is 9.34. The van der Waals surface area contributed by atoms with Gasteiger partial charge in [-0.1, -0.05) is 12.1 Å². The van der Waals surface area contributed by atoms with Crippen LogP contribution in [0.2, 0.25) is 0 Å². The maximum atomic E-state index is 11.8. The van der Waals surface area contributed by atoms with Crippen molar-refractivity contribution in [1.29, 1.82) is 5.26 Å². The highest BCUT2D eigenvalue weighted by Gasteiger charge is 2.15. The molecule has 1 aromatic rings. The van der Waals surface area contributed by atoms with Crippen molar-refractivity contribution in [2.75, 3.05) is 13.1 Å². The Morgan fingerprint density at radius 3 is 2.89 bits per heavy atom. The molecule has 18 heavy (non-hydrogen) atoms. The Kier molecular flexibility index (Phi) is 3.75. The fourth-order valence-electron chi connectivity index (χ4n) is 1.74. The Morgan fingerprint density at radius 2 is 2.28 bits per heavy atom. The largest absolute Gasteiger partial charge is 0.348 e. The molecule has 0 radical (unpaired) electrons. The lowest BCUT2D eigenvalue weighted by molar-refractivity contribution is -0.117. The van der Waals surface area contributed by atoms with E-state index in [1.807, 2.05) is 19.1 Å². The third-order valence-electron chi connectivity index (χ3n) is 3.06. The quantitative estimate of drug-likeness (QED) is 0.779. The van der Waals surface area contributed by atoms with Gasteiger partial charge in [-0.15, -0.1) is 0 Å². The molecule has 1 fully saturated rings. The van der Waals surface area contributed by atoms with Crippen LogP contribution in [0.5, 0.6) is 0 Å². The van der Waals surface area contributed by atoms with Crippen LogP contribution < -0.4 is 10.6 Å². The maximum Gasteiger partial charge on any atom is 0.247 e. The molecule has 2 rings (SSSR count). The highest BCUT2D eigenvalue weighted by Crippen LogP contribution is 2.09. The van der Waals surface area contributed by atoms with Gasteiger partial charge in [-0.2, -0.15) is 5.26 Å². The zero-order chi connectivity index (χ0) is 13.0. The number of rotatable bonds is 3. The number of nitrogens with zero attached hydrogens (tertiary/aromatic N) is 1. The summed E-state index contributed by atoms with van der Waals surface area (Å²) in [6.07, 6.45) is 0. The van der Waals surface area contributed by atoms with Gasteiger partial charge in [0, 0.05) is 25.2 Å². The molecule has 0 unspecified atom stereocenters. The minimum atomic E-state index is -0.0335. The molecule has 1 heterocycles. The van der Waals surface area contributed by atoms with E-state index in [1.165, 1.54) is 5.57 Å². The van der Waals surface area contributed by atoms with Gasteiger partial charge in [0.2, 0.25) is 5.91 Å². The zero-order valence-corrected chi connectivity index (χ0v) is 10.3. The van der Waals surface area contributed by atoms with Crippen molar-refractivity contribution in [3.8, 4) is 6.07 Å². The molecular formula is C14H15N3O. The van der Waals surface area contributed by atoms with E-state index in [-0.39, 0.29) is 5.91 Å². The normalized spacial score (nSPS) is 13.4. The molecule has 0 saturated carbocycles. The minimum absolute atomic E-state index is 0.0335. The lowest BCUT2D eigenvalue weighted by Crippen LogP contribution is -2.37. The van der Waals surface area contributed by atoms with E-state index >= 15 is 0 Å². The smallest absolute Gasteiger partial charge is 0.247 e. The Morgan fingerprint density at radius 1 is 1.50 bits per heavy atom. The summed E-state index contributed by atoms with van der Waals surface area (Å²) in [6.45, 7) is 3.91. The molecule has 2 N–H and O–H groups in total. The van der Waals surface area contributed by atoms with Crippen LogP contribution in [0.4, 0.5) is 0 Å². The predicted octanol–water partition coefficient (Wildman–Crippen LogP) is 1.09. The SMILES string of the molecule is CC(C(=O)NCc1cccc(C#N)c1)=C1CNC1. The topological polar surface area (TPSA) is 64.9 Å². The van der Waals surface area contributed by atoms with E-state index in [4.69, 9.17) is 5.26 Å². The predicted molar refractivity (Wildman–Crippen MR) is 68.6 cm³/mol. The van der Waals surface area contributed by atoms with E-state index in [0.717, 1.165) is 24.2 Å². The second-order valence-electron chi connectivity index (χ2n) is 4.33. The van der Waals surface area contributed by atoms with E-state index in [2.05, 4.69) is 16.7 Å². The van der Waals surface area contributed by atoms with Crippen molar-refractivity contribution in [3.63, 3.8) is 0 Å². The van der Waals surface area contributed by atoms with Gasteiger partial charge in [-0.25, -0.2) is 0 Å². The van der Waals surface area contributed by atoms with Crippen LogP contribution in [0.25, 0.3) is 0 Å². The Hall–Kier alpha value is -2.12. The second-order valence-corrected chi connectivity index (χ2v) is 4.33. The van der Waals surface area contributed by atoms with Crippen molar-refractivity contribution in [1.82, 2.24) is 10.6 Å². The first-order valence-corrected chi connectivity index (χ1v) is 5.87. The molecule has 0 bridgehead atoms. The number of hydrogen-bond acceptors (Lipinski definition) is 3. The highest BCUT2D eigenvalue weighted by atomic mass is 16.1. The molecule has 1 aromatic carbocycles. The first-order chi connectivity index (χ1) is 8.70. The zero-order valence-electron chi connectivity index (χ0n) is 10.3. The number of amides is 1. The summed E-state index contributed by atoms with van der Waals surface area (Å²) in [5, 5.41) is 14.8. The van der Waals surface area contributed by atoms with E-state index in [0.29, 0.717) is 12.1 Å². The van der Waals surface area contributed by atoms with Crippen molar-refractivity contribution < 1.29 is 4.79 Å². The van der Waals surface area contributed by atoms with Crippen LogP contribution >= 0.6 is 0 Å². The van der Waals surface area contributed by atoms with Gasteiger partial charge < -0.3 is 10.6 Å².